The Balaban J connectivity index is 1.76. The standard InChI is InChI=1S/C21H25N3O6S/c1-30-20-12-11-17(24(26)27)15-19(20)23(31(2,28)29)14-6-10-21(25)22-13-5-8-16-7-3-4-9-18(16)22/h3-4,7,9,11-12,15H,5-6,8,10,13-14H2,1-2H3. The minimum Gasteiger partial charge on any atom is -0.495 e. The summed E-state index contributed by atoms with van der Waals surface area (Å²) in [5.41, 5.74) is 1.86. The molecule has 2 aromatic carbocycles. The molecule has 9 nitrogen and oxygen atoms in total. The molecule has 0 aliphatic carbocycles. The number of anilines is 2. The van der Waals surface area contributed by atoms with E-state index in [2.05, 4.69) is 0 Å². The van der Waals surface area contributed by atoms with Crippen molar-refractivity contribution in [1.29, 1.82) is 0 Å². The minimum atomic E-state index is -3.76. The van der Waals surface area contributed by atoms with Crippen LogP contribution in [0.2, 0.25) is 0 Å². The van der Waals surface area contributed by atoms with Crippen molar-refractivity contribution in [2.24, 2.45) is 0 Å². The third-order valence-corrected chi connectivity index (χ3v) is 6.39. The third-order valence-electron chi connectivity index (χ3n) is 5.21. The Bertz CT molecular complexity index is 1090. The number of nitrogens with zero attached hydrogens (tertiary/aromatic N) is 3. The molecule has 2 aromatic rings. The molecule has 0 saturated carbocycles. The Morgan fingerprint density at radius 1 is 1.26 bits per heavy atom. The summed E-state index contributed by atoms with van der Waals surface area (Å²) in [6.45, 7) is 0.627. The van der Waals surface area contributed by atoms with Crippen LogP contribution in [-0.2, 0) is 21.2 Å². The molecule has 1 heterocycles. The highest BCUT2D eigenvalue weighted by Crippen LogP contribution is 2.34. The van der Waals surface area contributed by atoms with E-state index in [4.69, 9.17) is 4.74 Å². The Labute approximate surface area is 181 Å². The maximum absolute atomic E-state index is 12.8. The van der Waals surface area contributed by atoms with E-state index in [1.54, 1.807) is 4.90 Å². The molecular weight excluding hydrogens is 422 g/mol. The number of sulfonamides is 1. The number of methoxy groups -OCH3 is 1. The molecule has 3 rings (SSSR count). The Kier molecular flexibility index (Phi) is 6.79. The number of nitro benzene ring substituents is 1. The number of nitro groups is 1. The van der Waals surface area contributed by atoms with Gasteiger partial charge in [0.25, 0.3) is 5.69 Å². The molecule has 0 fully saturated rings. The van der Waals surface area contributed by atoms with Crippen molar-refractivity contribution >= 4 is 33.0 Å². The van der Waals surface area contributed by atoms with Gasteiger partial charge in [-0.3, -0.25) is 19.2 Å². The topological polar surface area (TPSA) is 110 Å². The predicted molar refractivity (Wildman–Crippen MR) is 118 cm³/mol. The van der Waals surface area contributed by atoms with E-state index in [1.165, 1.54) is 25.3 Å². The van der Waals surface area contributed by atoms with E-state index in [1.807, 2.05) is 24.3 Å². The second kappa shape index (κ2) is 9.34. The monoisotopic (exact) mass is 447 g/mol. The zero-order chi connectivity index (χ0) is 22.6. The van der Waals surface area contributed by atoms with Gasteiger partial charge in [0, 0.05) is 37.3 Å². The molecule has 0 N–H and O–H groups in total. The summed E-state index contributed by atoms with van der Waals surface area (Å²) in [5.74, 6) is 0.124. The summed E-state index contributed by atoms with van der Waals surface area (Å²) in [6, 6.07) is 11.6. The lowest BCUT2D eigenvalue weighted by Crippen LogP contribution is -2.36. The van der Waals surface area contributed by atoms with Crippen LogP contribution in [0.25, 0.3) is 0 Å². The van der Waals surface area contributed by atoms with Crippen LogP contribution in [0.1, 0.15) is 24.8 Å². The van der Waals surface area contributed by atoms with E-state index in [9.17, 15) is 23.3 Å². The first kappa shape index (κ1) is 22.5. The van der Waals surface area contributed by atoms with Crippen LogP contribution in [-0.4, -0.2) is 45.7 Å². The summed E-state index contributed by atoms with van der Waals surface area (Å²) >= 11 is 0. The predicted octanol–water partition coefficient (Wildman–Crippen LogP) is 3.13. The highest BCUT2D eigenvalue weighted by Gasteiger charge is 2.26. The maximum atomic E-state index is 12.8. The Hall–Kier alpha value is -3.14. The van der Waals surface area contributed by atoms with E-state index < -0.39 is 14.9 Å². The van der Waals surface area contributed by atoms with Crippen molar-refractivity contribution in [1.82, 2.24) is 0 Å². The number of aryl methyl sites for hydroxylation is 1. The summed E-state index contributed by atoms with van der Waals surface area (Å²) in [6.07, 6.45) is 3.24. The summed E-state index contributed by atoms with van der Waals surface area (Å²) in [5, 5.41) is 11.2. The largest absolute Gasteiger partial charge is 0.495 e. The lowest BCUT2D eigenvalue weighted by molar-refractivity contribution is -0.384. The van der Waals surface area contributed by atoms with Gasteiger partial charge in [0.15, 0.2) is 0 Å². The zero-order valence-corrected chi connectivity index (χ0v) is 18.3. The van der Waals surface area contributed by atoms with Gasteiger partial charge >= 0.3 is 0 Å². The number of hydrogen-bond acceptors (Lipinski definition) is 6. The molecule has 0 spiro atoms. The highest BCUT2D eigenvalue weighted by atomic mass is 32.2. The summed E-state index contributed by atoms with van der Waals surface area (Å²) in [4.78, 5) is 25.1. The second-order valence-corrected chi connectivity index (χ2v) is 9.24. The van der Waals surface area contributed by atoms with E-state index in [0.717, 1.165) is 34.7 Å². The van der Waals surface area contributed by atoms with Crippen LogP contribution in [0.4, 0.5) is 17.1 Å². The molecule has 1 aliphatic heterocycles. The fraction of sp³-hybridized carbons (Fsp3) is 0.381. The lowest BCUT2D eigenvalue weighted by atomic mass is 10.0. The van der Waals surface area contributed by atoms with Gasteiger partial charge in [-0.05, 0) is 37.0 Å². The van der Waals surface area contributed by atoms with E-state index in [-0.39, 0.29) is 42.4 Å². The fourth-order valence-electron chi connectivity index (χ4n) is 3.75. The van der Waals surface area contributed by atoms with Crippen molar-refractivity contribution in [3.63, 3.8) is 0 Å². The number of para-hydroxylation sites is 1. The third kappa shape index (κ3) is 5.13. The fourth-order valence-corrected chi connectivity index (χ4v) is 4.71. The van der Waals surface area contributed by atoms with Crippen LogP contribution in [0.5, 0.6) is 5.75 Å². The maximum Gasteiger partial charge on any atom is 0.271 e. The minimum absolute atomic E-state index is 0.00239. The van der Waals surface area contributed by atoms with Crippen LogP contribution in [0, 0.1) is 10.1 Å². The molecule has 0 radical (unpaired) electrons. The van der Waals surface area contributed by atoms with Crippen molar-refractivity contribution in [3.05, 3.63) is 58.1 Å². The summed E-state index contributed by atoms with van der Waals surface area (Å²) in [7, 11) is -2.40. The average molecular weight is 448 g/mol. The van der Waals surface area contributed by atoms with Gasteiger partial charge in [0.1, 0.15) is 11.4 Å². The van der Waals surface area contributed by atoms with Crippen molar-refractivity contribution in [2.45, 2.75) is 25.7 Å². The highest BCUT2D eigenvalue weighted by molar-refractivity contribution is 7.92. The number of ether oxygens (including phenoxy) is 1. The number of rotatable bonds is 8. The van der Waals surface area contributed by atoms with Crippen LogP contribution in [0.15, 0.2) is 42.5 Å². The van der Waals surface area contributed by atoms with Gasteiger partial charge < -0.3 is 9.64 Å². The number of amides is 1. The zero-order valence-electron chi connectivity index (χ0n) is 17.5. The van der Waals surface area contributed by atoms with Crippen molar-refractivity contribution in [2.75, 3.05) is 35.7 Å². The van der Waals surface area contributed by atoms with Crippen molar-refractivity contribution in [3.8, 4) is 5.75 Å². The summed E-state index contributed by atoms with van der Waals surface area (Å²) < 4.78 is 31.1. The van der Waals surface area contributed by atoms with Gasteiger partial charge in [0.2, 0.25) is 15.9 Å². The van der Waals surface area contributed by atoms with Crippen LogP contribution < -0.4 is 13.9 Å². The second-order valence-electron chi connectivity index (χ2n) is 7.33. The van der Waals surface area contributed by atoms with E-state index >= 15 is 0 Å². The first-order valence-corrected chi connectivity index (χ1v) is 11.8. The van der Waals surface area contributed by atoms with Gasteiger partial charge in [-0.25, -0.2) is 8.42 Å². The molecule has 0 unspecified atom stereocenters. The first-order valence-electron chi connectivity index (χ1n) is 9.91. The molecule has 166 valence electrons. The van der Waals surface area contributed by atoms with Crippen LogP contribution in [0.3, 0.4) is 0 Å². The Morgan fingerprint density at radius 3 is 2.68 bits per heavy atom. The number of carbonyl (C=O) groups is 1. The quantitative estimate of drug-likeness (QED) is 0.454. The molecule has 1 aliphatic rings. The molecule has 31 heavy (non-hydrogen) atoms. The van der Waals surface area contributed by atoms with Gasteiger partial charge in [0.05, 0.1) is 18.3 Å². The molecule has 0 aromatic heterocycles. The normalized spacial score (nSPS) is 13.4. The number of non-ortho nitro benzene ring substituents is 1. The van der Waals surface area contributed by atoms with Gasteiger partial charge in [-0.2, -0.15) is 0 Å². The van der Waals surface area contributed by atoms with Crippen molar-refractivity contribution < 1.29 is 22.9 Å². The first-order chi connectivity index (χ1) is 14.7. The van der Waals surface area contributed by atoms with E-state index in [0.29, 0.717) is 6.54 Å². The average Bonchev–Trinajstić information content (AvgIpc) is 2.74. The smallest absolute Gasteiger partial charge is 0.271 e. The lowest BCUT2D eigenvalue weighted by Gasteiger charge is -2.30. The number of carbonyl (C=O) groups excluding carboxylic acids is 1. The van der Waals surface area contributed by atoms with Crippen LogP contribution >= 0.6 is 0 Å². The molecule has 10 heteroatoms. The molecule has 1 amide bonds. The Morgan fingerprint density at radius 2 is 2.00 bits per heavy atom. The molecule has 0 bridgehead atoms. The molecule has 0 atom stereocenters. The van der Waals surface area contributed by atoms with Gasteiger partial charge in [-0.15, -0.1) is 0 Å². The molecular formula is C21H25N3O6S. The number of fused-ring (bicyclic) bond motifs is 1. The SMILES string of the molecule is COc1ccc([N+](=O)[O-])cc1N(CCCC(=O)N1CCCc2ccccc21)S(C)(=O)=O. The number of benzene rings is 2. The number of hydrogen-bond donors (Lipinski definition) is 0. The molecule has 0 saturated heterocycles. The van der Waals surface area contributed by atoms with Gasteiger partial charge in [-0.1, -0.05) is 18.2 Å².